The van der Waals surface area contributed by atoms with E-state index in [0.29, 0.717) is 5.69 Å². The number of aromatic nitrogens is 1. The minimum Gasteiger partial charge on any atom is -0.356 e. The molecule has 1 amide bonds. The molecule has 2 aromatic carbocycles. The van der Waals surface area contributed by atoms with E-state index in [2.05, 4.69) is 10.3 Å². The van der Waals surface area contributed by atoms with Crippen molar-refractivity contribution in [2.45, 2.75) is 59.1 Å². The molecule has 0 radical (unpaired) electrons. The van der Waals surface area contributed by atoms with Gasteiger partial charge in [-0.05, 0) is 61.2 Å². The lowest BCUT2D eigenvalue weighted by molar-refractivity contribution is -0.140. The Morgan fingerprint density at radius 3 is 2.35 bits per heavy atom. The maximum Gasteiger partial charge on any atom is 0.434 e. The van der Waals surface area contributed by atoms with E-state index in [1.54, 1.807) is 18.2 Å². The van der Waals surface area contributed by atoms with Gasteiger partial charge in [-0.25, -0.2) is 13.8 Å². The molecule has 1 aliphatic rings. The van der Waals surface area contributed by atoms with Gasteiger partial charge in [-0.2, -0.15) is 18.4 Å². The van der Waals surface area contributed by atoms with E-state index >= 15 is 0 Å². The number of benzene rings is 2. The number of halogens is 5. The maximum absolute atomic E-state index is 14.4. The van der Waals surface area contributed by atoms with E-state index in [0.717, 1.165) is 5.56 Å². The number of amides is 1. The van der Waals surface area contributed by atoms with Crippen LogP contribution in [0.2, 0.25) is 0 Å². The minimum absolute atomic E-state index is 0. The fourth-order valence-electron chi connectivity index (χ4n) is 4.65. The average molecular weight is 561 g/mol. The van der Waals surface area contributed by atoms with Gasteiger partial charge in [0.15, 0.2) is 5.69 Å². The van der Waals surface area contributed by atoms with Crippen molar-refractivity contribution in [1.29, 1.82) is 5.26 Å². The third kappa shape index (κ3) is 6.95. The van der Waals surface area contributed by atoms with Gasteiger partial charge < -0.3 is 10.2 Å². The Kier molecular flexibility index (Phi) is 9.51. The summed E-state index contributed by atoms with van der Waals surface area (Å²) in [5, 5.41) is 11.8. The number of carbonyl (C=O) groups is 1. The van der Waals surface area contributed by atoms with Crippen LogP contribution in [0, 0.1) is 25.2 Å². The first-order valence-electron chi connectivity index (χ1n) is 13.0. The van der Waals surface area contributed by atoms with Crippen molar-refractivity contribution in [3.63, 3.8) is 0 Å². The lowest BCUT2D eigenvalue weighted by atomic mass is 9.93. The van der Waals surface area contributed by atoms with Crippen LogP contribution in [0.4, 0.5) is 33.5 Å². The molecule has 40 heavy (non-hydrogen) atoms. The van der Waals surface area contributed by atoms with Gasteiger partial charge in [-0.3, -0.25) is 4.79 Å². The molecule has 0 unspecified atom stereocenters. The summed E-state index contributed by atoms with van der Waals surface area (Å²) in [6.45, 7) is 7.00. The lowest BCUT2D eigenvalue weighted by Gasteiger charge is -2.28. The second kappa shape index (κ2) is 12.5. The first kappa shape index (κ1) is 30.5. The van der Waals surface area contributed by atoms with E-state index in [9.17, 15) is 26.7 Å². The normalized spacial score (nSPS) is 14.8. The first-order valence-corrected chi connectivity index (χ1v) is 13.0. The molecule has 214 valence electrons. The third-order valence-electron chi connectivity index (χ3n) is 6.52. The van der Waals surface area contributed by atoms with Gasteiger partial charge >= 0.3 is 6.18 Å². The fraction of sp³-hybridized carbons (Fsp3) is 0.367. The van der Waals surface area contributed by atoms with Crippen molar-refractivity contribution in [2.24, 2.45) is 0 Å². The molecule has 0 atom stereocenters. The summed E-state index contributed by atoms with van der Waals surface area (Å²) >= 11 is 0. The number of pyridine rings is 1. The zero-order valence-corrected chi connectivity index (χ0v) is 22.8. The van der Waals surface area contributed by atoms with Gasteiger partial charge in [0.05, 0.1) is 17.2 Å². The number of carbonyl (C=O) groups excluding carboxylic acids is 1. The quantitative estimate of drug-likeness (QED) is 0.325. The summed E-state index contributed by atoms with van der Waals surface area (Å²) in [7, 11) is 0. The standard InChI is InChI=1S/C28H25F5N4O.C2H6.H2/c1-17-5-3-6-21(15-17)35-26(38)23-18(2)22(20-9-7-19(16-34)8-10-20)24(28(31,32)33)36-25(23)37-13-4-11-27(29,30)12-14-37;1-2;/h3,5-10,15H,4,11-14H2,1-2H3,(H,35,38);1-2H3;1H. The van der Waals surface area contributed by atoms with Crippen LogP contribution in [0.5, 0.6) is 0 Å². The number of nitrogens with one attached hydrogen (secondary N) is 1. The Labute approximate surface area is 232 Å². The summed E-state index contributed by atoms with van der Waals surface area (Å²) in [5.74, 6) is -3.94. The number of hydrogen-bond donors (Lipinski definition) is 1. The number of alkyl halides is 5. The Hall–Kier alpha value is -4.00. The highest BCUT2D eigenvalue weighted by Gasteiger charge is 2.40. The Bertz CT molecular complexity index is 1400. The van der Waals surface area contributed by atoms with Crippen molar-refractivity contribution in [2.75, 3.05) is 23.3 Å². The lowest BCUT2D eigenvalue weighted by Crippen LogP contribution is -2.31. The second-order valence-electron chi connectivity index (χ2n) is 9.37. The minimum atomic E-state index is -4.90. The highest BCUT2D eigenvalue weighted by molar-refractivity contribution is 6.10. The summed E-state index contributed by atoms with van der Waals surface area (Å²) in [6.07, 6.45) is -5.83. The van der Waals surface area contributed by atoms with Crippen LogP contribution in [0.1, 0.15) is 67.3 Å². The predicted molar refractivity (Wildman–Crippen MR) is 148 cm³/mol. The van der Waals surface area contributed by atoms with E-state index in [4.69, 9.17) is 5.26 Å². The Balaban J connectivity index is 0.00000192. The highest BCUT2D eigenvalue weighted by atomic mass is 19.4. The van der Waals surface area contributed by atoms with Gasteiger partial charge in [0.25, 0.3) is 5.91 Å². The van der Waals surface area contributed by atoms with Crippen LogP contribution >= 0.6 is 0 Å². The molecule has 1 fully saturated rings. The van der Waals surface area contributed by atoms with Gasteiger partial charge in [0, 0.05) is 38.6 Å². The number of nitrogens with zero attached hydrogens (tertiary/aromatic N) is 3. The number of anilines is 2. The van der Waals surface area contributed by atoms with E-state index in [1.165, 1.54) is 36.1 Å². The largest absolute Gasteiger partial charge is 0.434 e. The smallest absolute Gasteiger partial charge is 0.356 e. The molecule has 10 heteroatoms. The number of aryl methyl sites for hydroxylation is 1. The summed E-state index contributed by atoms with van der Waals surface area (Å²) in [4.78, 5) is 18.9. The van der Waals surface area contributed by atoms with Crippen LogP contribution in [0.15, 0.2) is 48.5 Å². The fourth-order valence-corrected chi connectivity index (χ4v) is 4.65. The monoisotopic (exact) mass is 560 g/mol. The van der Waals surface area contributed by atoms with Crippen LogP contribution in [0.25, 0.3) is 11.1 Å². The van der Waals surface area contributed by atoms with Crippen molar-refractivity contribution in [1.82, 2.24) is 4.98 Å². The molecule has 1 aromatic heterocycles. The topological polar surface area (TPSA) is 69.0 Å². The Morgan fingerprint density at radius 1 is 1.07 bits per heavy atom. The average Bonchev–Trinajstić information content (AvgIpc) is 3.09. The molecule has 1 saturated heterocycles. The summed E-state index contributed by atoms with van der Waals surface area (Å²) in [6, 6.07) is 14.3. The van der Waals surface area contributed by atoms with Crippen LogP contribution in [-0.4, -0.2) is 29.9 Å². The summed E-state index contributed by atoms with van der Waals surface area (Å²) in [5.41, 5.74) is 0.0311. The van der Waals surface area contributed by atoms with Gasteiger partial charge in [0.2, 0.25) is 5.92 Å². The Morgan fingerprint density at radius 2 is 1.75 bits per heavy atom. The molecule has 3 aromatic rings. The molecular weight excluding hydrogens is 527 g/mol. The molecule has 0 spiro atoms. The van der Waals surface area contributed by atoms with Crippen molar-refractivity contribution in [3.8, 4) is 17.2 Å². The molecule has 0 saturated carbocycles. The van der Waals surface area contributed by atoms with Crippen LogP contribution in [-0.2, 0) is 6.18 Å². The van der Waals surface area contributed by atoms with Crippen molar-refractivity contribution in [3.05, 3.63) is 76.5 Å². The first-order chi connectivity index (χ1) is 18.9. The van der Waals surface area contributed by atoms with Gasteiger partial charge in [0.1, 0.15) is 5.82 Å². The molecule has 5 nitrogen and oxygen atoms in total. The van der Waals surface area contributed by atoms with E-state index < -0.39 is 36.5 Å². The zero-order chi connectivity index (χ0) is 29.7. The van der Waals surface area contributed by atoms with E-state index in [1.807, 2.05) is 32.9 Å². The predicted octanol–water partition coefficient (Wildman–Crippen LogP) is 8.41. The molecular formula is C30H33F5N4O. The van der Waals surface area contributed by atoms with Crippen molar-refractivity contribution >= 4 is 17.4 Å². The van der Waals surface area contributed by atoms with Gasteiger partial charge in [-0.15, -0.1) is 0 Å². The van der Waals surface area contributed by atoms with Gasteiger partial charge in [-0.1, -0.05) is 38.1 Å². The highest BCUT2D eigenvalue weighted by Crippen LogP contribution is 2.42. The third-order valence-corrected chi connectivity index (χ3v) is 6.52. The number of rotatable bonds is 4. The van der Waals surface area contributed by atoms with E-state index in [-0.39, 0.29) is 54.6 Å². The SMILES string of the molecule is CC.Cc1cccc(NC(=O)c2c(N3CCCC(F)(F)CC3)nc(C(F)(F)F)c(-c3ccc(C#N)cc3)c2C)c1.[HH]. The zero-order valence-electron chi connectivity index (χ0n) is 22.8. The summed E-state index contributed by atoms with van der Waals surface area (Å²) < 4.78 is 71.3. The second-order valence-corrected chi connectivity index (χ2v) is 9.37. The van der Waals surface area contributed by atoms with Crippen molar-refractivity contribution < 1.29 is 28.2 Å². The van der Waals surface area contributed by atoms with Crippen LogP contribution in [0.3, 0.4) is 0 Å². The molecule has 4 rings (SSSR count). The number of hydrogen-bond acceptors (Lipinski definition) is 4. The molecule has 1 N–H and O–H groups in total. The number of nitriles is 1. The maximum atomic E-state index is 14.4. The van der Waals surface area contributed by atoms with Crippen LogP contribution < -0.4 is 10.2 Å². The molecule has 0 aliphatic carbocycles. The molecule has 2 heterocycles. The molecule has 0 bridgehead atoms. The molecule has 1 aliphatic heterocycles.